The molecule has 1 N–H and O–H groups in total. The van der Waals surface area contributed by atoms with Gasteiger partial charge in [0, 0.05) is 18.4 Å². The normalized spacial score (nSPS) is 17.9. The van der Waals surface area contributed by atoms with Gasteiger partial charge in [0.1, 0.15) is 12.4 Å². The molecule has 0 aromatic carbocycles. The smallest absolute Gasteiger partial charge is 0.334 e. The van der Waals surface area contributed by atoms with Crippen molar-refractivity contribution in [3.63, 3.8) is 0 Å². The number of hydrogen-bond acceptors (Lipinski definition) is 4. The summed E-state index contributed by atoms with van der Waals surface area (Å²) in [6.07, 6.45) is 0.739. The maximum atomic E-state index is 11.3. The van der Waals surface area contributed by atoms with Crippen molar-refractivity contribution < 1.29 is 19.4 Å². The van der Waals surface area contributed by atoms with Crippen molar-refractivity contribution in [1.29, 1.82) is 0 Å². The number of aliphatic hydroxyl groups is 1. The second-order valence-electron chi connectivity index (χ2n) is 3.91. The van der Waals surface area contributed by atoms with E-state index in [-0.39, 0.29) is 18.4 Å². The van der Waals surface area contributed by atoms with E-state index in [0.29, 0.717) is 24.8 Å². The third kappa shape index (κ3) is 3.47. The number of Topliss-reactive ketones (excluding diaryl/α,β-unsaturated/α-hetero) is 1. The van der Waals surface area contributed by atoms with Crippen LogP contribution in [0.15, 0.2) is 11.1 Å². The topological polar surface area (TPSA) is 63.6 Å². The third-order valence-corrected chi connectivity index (χ3v) is 2.33. The molecule has 84 valence electrons. The van der Waals surface area contributed by atoms with Crippen molar-refractivity contribution in [3.05, 3.63) is 11.1 Å². The fourth-order valence-electron chi connectivity index (χ4n) is 1.54. The maximum Gasteiger partial charge on any atom is 0.334 e. The van der Waals surface area contributed by atoms with Gasteiger partial charge in [-0.25, -0.2) is 4.79 Å². The van der Waals surface area contributed by atoms with Gasteiger partial charge in [-0.3, -0.25) is 0 Å². The zero-order chi connectivity index (χ0) is 11.4. The zero-order valence-electron chi connectivity index (χ0n) is 9.08. The summed E-state index contributed by atoms with van der Waals surface area (Å²) in [6.45, 7) is 3.42. The number of hydrogen-bond donors (Lipinski definition) is 1. The second-order valence-corrected chi connectivity index (χ2v) is 3.91. The van der Waals surface area contributed by atoms with Crippen LogP contribution in [-0.4, -0.2) is 29.6 Å². The SMILES string of the molecule is CC(=O)CCC1=C(C[C@H](C)O)C(=O)OC1. The number of cyclic esters (lactones) is 1. The predicted octanol–water partition coefficient (Wildman–Crippen LogP) is 0.980. The second kappa shape index (κ2) is 5.07. The summed E-state index contributed by atoms with van der Waals surface area (Å²) in [5, 5.41) is 9.22. The monoisotopic (exact) mass is 212 g/mol. The first-order valence-electron chi connectivity index (χ1n) is 5.06. The molecule has 0 spiro atoms. The Hall–Kier alpha value is -1.16. The van der Waals surface area contributed by atoms with Crippen LogP contribution in [0, 0.1) is 0 Å². The molecule has 0 saturated carbocycles. The molecule has 1 atom stereocenters. The molecule has 0 aromatic heterocycles. The van der Waals surface area contributed by atoms with E-state index in [1.54, 1.807) is 6.92 Å². The van der Waals surface area contributed by atoms with E-state index in [0.717, 1.165) is 5.57 Å². The fraction of sp³-hybridized carbons (Fsp3) is 0.636. The molecule has 1 aliphatic rings. The highest BCUT2D eigenvalue weighted by molar-refractivity contribution is 5.92. The largest absolute Gasteiger partial charge is 0.458 e. The van der Waals surface area contributed by atoms with E-state index >= 15 is 0 Å². The van der Waals surface area contributed by atoms with Gasteiger partial charge >= 0.3 is 5.97 Å². The van der Waals surface area contributed by atoms with Gasteiger partial charge in [-0.2, -0.15) is 0 Å². The fourth-order valence-corrected chi connectivity index (χ4v) is 1.54. The summed E-state index contributed by atoms with van der Waals surface area (Å²) in [6, 6.07) is 0. The maximum absolute atomic E-state index is 11.3. The molecule has 15 heavy (non-hydrogen) atoms. The van der Waals surface area contributed by atoms with Crippen LogP contribution >= 0.6 is 0 Å². The van der Waals surface area contributed by atoms with Crippen molar-refractivity contribution in [3.8, 4) is 0 Å². The Morgan fingerprint density at radius 2 is 2.27 bits per heavy atom. The lowest BCUT2D eigenvalue weighted by Gasteiger charge is -2.04. The van der Waals surface area contributed by atoms with Gasteiger partial charge in [0.25, 0.3) is 0 Å². The van der Waals surface area contributed by atoms with Crippen LogP contribution in [0.5, 0.6) is 0 Å². The van der Waals surface area contributed by atoms with E-state index < -0.39 is 6.10 Å². The highest BCUT2D eigenvalue weighted by Gasteiger charge is 2.25. The number of rotatable bonds is 5. The minimum atomic E-state index is -0.557. The van der Waals surface area contributed by atoms with Gasteiger partial charge in [0.15, 0.2) is 0 Å². The first-order valence-corrected chi connectivity index (χ1v) is 5.06. The summed E-state index contributed by atoms with van der Waals surface area (Å²) in [4.78, 5) is 22.1. The summed E-state index contributed by atoms with van der Waals surface area (Å²) in [5.74, 6) is -0.257. The third-order valence-electron chi connectivity index (χ3n) is 2.33. The van der Waals surface area contributed by atoms with E-state index in [1.165, 1.54) is 6.92 Å². The first kappa shape index (κ1) is 11.9. The molecule has 0 bridgehead atoms. The van der Waals surface area contributed by atoms with Crippen LogP contribution in [-0.2, 0) is 14.3 Å². The molecular weight excluding hydrogens is 196 g/mol. The Morgan fingerprint density at radius 1 is 1.60 bits per heavy atom. The molecule has 0 fully saturated rings. The average molecular weight is 212 g/mol. The highest BCUT2D eigenvalue weighted by Crippen LogP contribution is 2.24. The Morgan fingerprint density at radius 3 is 2.80 bits per heavy atom. The highest BCUT2D eigenvalue weighted by atomic mass is 16.5. The van der Waals surface area contributed by atoms with Gasteiger partial charge in [-0.15, -0.1) is 0 Å². The predicted molar refractivity (Wildman–Crippen MR) is 54.2 cm³/mol. The van der Waals surface area contributed by atoms with Crippen LogP contribution < -0.4 is 0 Å². The van der Waals surface area contributed by atoms with Gasteiger partial charge in [0.05, 0.1) is 6.10 Å². The Balaban J connectivity index is 2.67. The zero-order valence-corrected chi connectivity index (χ0v) is 9.08. The molecule has 0 saturated heterocycles. The molecule has 0 radical (unpaired) electrons. The quantitative estimate of drug-likeness (QED) is 0.690. The average Bonchev–Trinajstić information content (AvgIpc) is 2.44. The Bertz CT molecular complexity index is 302. The molecule has 0 unspecified atom stereocenters. The molecule has 1 rings (SSSR count). The van der Waals surface area contributed by atoms with E-state index in [9.17, 15) is 14.7 Å². The number of aliphatic hydroxyl groups excluding tert-OH is 1. The molecule has 4 nitrogen and oxygen atoms in total. The first-order chi connectivity index (χ1) is 7.00. The van der Waals surface area contributed by atoms with E-state index in [2.05, 4.69) is 0 Å². The minimum absolute atomic E-state index is 0.0956. The number of carbonyl (C=O) groups is 2. The van der Waals surface area contributed by atoms with Crippen molar-refractivity contribution >= 4 is 11.8 Å². The van der Waals surface area contributed by atoms with Crippen LogP contribution in [0.2, 0.25) is 0 Å². The summed E-state index contributed by atoms with van der Waals surface area (Å²) in [7, 11) is 0. The lowest BCUT2D eigenvalue weighted by Crippen LogP contribution is -2.07. The molecule has 4 heteroatoms. The molecule has 0 amide bonds. The van der Waals surface area contributed by atoms with Gasteiger partial charge in [-0.05, 0) is 25.8 Å². The van der Waals surface area contributed by atoms with Crippen LogP contribution in [0.1, 0.15) is 33.1 Å². The van der Waals surface area contributed by atoms with Crippen molar-refractivity contribution in [2.45, 2.75) is 39.2 Å². The number of esters is 1. The van der Waals surface area contributed by atoms with Crippen LogP contribution in [0.3, 0.4) is 0 Å². The molecule has 1 aliphatic heterocycles. The van der Waals surface area contributed by atoms with Crippen molar-refractivity contribution in [1.82, 2.24) is 0 Å². The summed E-state index contributed by atoms with van der Waals surface area (Å²) >= 11 is 0. The molecule has 1 heterocycles. The van der Waals surface area contributed by atoms with Crippen LogP contribution in [0.25, 0.3) is 0 Å². The van der Waals surface area contributed by atoms with Gasteiger partial charge in [0.2, 0.25) is 0 Å². The van der Waals surface area contributed by atoms with Crippen molar-refractivity contribution in [2.24, 2.45) is 0 Å². The standard InChI is InChI=1S/C11H16O4/c1-7(12)3-4-9-6-15-11(14)10(9)5-8(2)13/h8,13H,3-6H2,1-2H3/t8-/m0/s1. The number of carbonyl (C=O) groups excluding carboxylic acids is 2. The van der Waals surface area contributed by atoms with E-state index in [1.807, 2.05) is 0 Å². The van der Waals surface area contributed by atoms with Gasteiger partial charge in [-0.1, -0.05) is 0 Å². The van der Waals surface area contributed by atoms with Crippen molar-refractivity contribution in [2.75, 3.05) is 6.61 Å². The lowest BCUT2D eigenvalue weighted by atomic mass is 10.0. The minimum Gasteiger partial charge on any atom is -0.458 e. The van der Waals surface area contributed by atoms with Crippen LogP contribution in [0.4, 0.5) is 0 Å². The lowest BCUT2D eigenvalue weighted by molar-refractivity contribution is -0.136. The molecular formula is C11H16O4. The Labute approximate surface area is 88.9 Å². The summed E-state index contributed by atoms with van der Waals surface area (Å²) < 4.78 is 4.88. The van der Waals surface area contributed by atoms with Gasteiger partial charge < -0.3 is 14.6 Å². The van der Waals surface area contributed by atoms with E-state index in [4.69, 9.17) is 4.74 Å². The molecule has 0 aromatic rings. The Kier molecular flexibility index (Phi) is 4.03. The number of ketones is 1. The number of ether oxygens (including phenoxy) is 1. The molecule has 0 aliphatic carbocycles. The summed E-state index contributed by atoms with van der Waals surface area (Å²) in [5.41, 5.74) is 1.40.